The largest absolute Gasteiger partial charge is 0.329 e. The molecule has 1 amide bonds. The summed E-state index contributed by atoms with van der Waals surface area (Å²) in [6.07, 6.45) is 2.06. The Hall–Kier alpha value is -4.21. The zero-order valence-electron chi connectivity index (χ0n) is 19.6. The van der Waals surface area contributed by atoms with Crippen molar-refractivity contribution in [2.24, 2.45) is 0 Å². The summed E-state index contributed by atoms with van der Waals surface area (Å²) in [5.74, 6) is 0.271. The van der Waals surface area contributed by atoms with Gasteiger partial charge in [0.05, 0.1) is 23.8 Å². The predicted octanol–water partition coefficient (Wildman–Crippen LogP) is 2.99. The average molecular weight is 474 g/mol. The normalized spacial score (nSPS) is 15.2. The van der Waals surface area contributed by atoms with E-state index in [1.54, 1.807) is 30.2 Å². The number of pyridine rings is 1. The highest BCUT2D eigenvalue weighted by Gasteiger charge is 2.31. The Balaban J connectivity index is 1.41. The van der Waals surface area contributed by atoms with Crippen LogP contribution in [-0.2, 0) is 13.0 Å². The van der Waals surface area contributed by atoms with Crippen LogP contribution in [0, 0.1) is 19.7 Å². The van der Waals surface area contributed by atoms with E-state index in [0.29, 0.717) is 41.6 Å². The molecule has 0 radical (unpaired) electrons. The van der Waals surface area contributed by atoms with E-state index in [-0.39, 0.29) is 23.7 Å². The molecule has 35 heavy (non-hydrogen) atoms. The van der Waals surface area contributed by atoms with Crippen LogP contribution < -0.4 is 5.56 Å². The number of nitrogens with zero attached hydrogens (tertiary/aromatic N) is 6. The molecule has 0 aliphatic carbocycles. The first-order chi connectivity index (χ1) is 16.8. The lowest BCUT2D eigenvalue weighted by atomic mass is 10.0. The van der Waals surface area contributed by atoms with Crippen molar-refractivity contribution in [1.29, 1.82) is 0 Å². The molecule has 178 valence electrons. The molecular formula is C25H24FN7O2. The molecule has 10 heteroatoms. The number of rotatable bonds is 4. The first-order valence-electron chi connectivity index (χ1n) is 11.3. The molecule has 1 aromatic carbocycles. The van der Waals surface area contributed by atoms with Gasteiger partial charge in [0.2, 0.25) is 0 Å². The van der Waals surface area contributed by atoms with Crippen molar-refractivity contribution in [2.75, 3.05) is 6.54 Å². The van der Waals surface area contributed by atoms with E-state index >= 15 is 0 Å². The number of carbonyl (C=O) groups excluding carboxylic acids is 1. The molecule has 5 rings (SSSR count). The summed E-state index contributed by atoms with van der Waals surface area (Å²) in [6.45, 7) is 6.12. The Morgan fingerprint density at radius 3 is 2.77 bits per heavy atom. The highest BCUT2D eigenvalue weighted by molar-refractivity contribution is 5.94. The lowest BCUT2D eigenvalue weighted by molar-refractivity contribution is 0.0677. The van der Waals surface area contributed by atoms with Crippen molar-refractivity contribution in [1.82, 2.24) is 34.8 Å². The molecule has 1 atom stereocenters. The number of nitrogens with one attached hydrogen (secondary N) is 1. The van der Waals surface area contributed by atoms with Gasteiger partial charge in [0, 0.05) is 24.7 Å². The molecule has 0 bridgehead atoms. The summed E-state index contributed by atoms with van der Waals surface area (Å²) in [5.41, 5.74) is 3.23. The SMILES string of the molecule is Cc1c(Cc2ccc(F)c(C(=O)N3Cc4nnc(-c5ccccn5)n4C(C)C3)c2)n[nH]c(=O)c1C. The molecule has 4 heterocycles. The lowest BCUT2D eigenvalue weighted by Gasteiger charge is -2.32. The lowest BCUT2D eigenvalue weighted by Crippen LogP contribution is -2.41. The van der Waals surface area contributed by atoms with E-state index in [2.05, 4.69) is 25.4 Å². The monoisotopic (exact) mass is 473 g/mol. The summed E-state index contributed by atoms with van der Waals surface area (Å²) in [7, 11) is 0. The van der Waals surface area contributed by atoms with Crippen molar-refractivity contribution >= 4 is 5.91 Å². The first kappa shape index (κ1) is 22.6. The number of carbonyl (C=O) groups is 1. The quantitative estimate of drug-likeness (QED) is 0.488. The minimum absolute atomic E-state index is 0.00795. The third kappa shape index (κ3) is 4.11. The Bertz CT molecular complexity index is 1480. The van der Waals surface area contributed by atoms with Gasteiger partial charge >= 0.3 is 0 Å². The van der Waals surface area contributed by atoms with Crippen molar-refractivity contribution < 1.29 is 9.18 Å². The minimum atomic E-state index is -0.588. The number of hydrogen-bond donors (Lipinski definition) is 1. The zero-order chi connectivity index (χ0) is 24.7. The molecule has 4 aromatic rings. The minimum Gasteiger partial charge on any atom is -0.329 e. The van der Waals surface area contributed by atoms with E-state index in [9.17, 15) is 14.0 Å². The van der Waals surface area contributed by atoms with Crippen LogP contribution in [0.15, 0.2) is 47.4 Å². The summed E-state index contributed by atoms with van der Waals surface area (Å²) in [4.78, 5) is 31.1. The van der Waals surface area contributed by atoms with Crippen LogP contribution in [0.5, 0.6) is 0 Å². The molecule has 9 nitrogen and oxygen atoms in total. The van der Waals surface area contributed by atoms with Gasteiger partial charge in [0.25, 0.3) is 11.5 Å². The molecule has 1 aliphatic rings. The highest BCUT2D eigenvalue weighted by atomic mass is 19.1. The summed E-state index contributed by atoms with van der Waals surface area (Å²) in [5, 5.41) is 15.2. The van der Waals surface area contributed by atoms with Crippen molar-refractivity contribution in [3.63, 3.8) is 0 Å². The van der Waals surface area contributed by atoms with E-state index in [4.69, 9.17) is 0 Å². The van der Waals surface area contributed by atoms with Gasteiger partial charge in [0.1, 0.15) is 11.5 Å². The van der Waals surface area contributed by atoms with E-state index in [1.165, 1.54) is 6.07 Å². The molecule has 3 aromatic heterocycles. The Labute approximate surface area is 200 Å². The fraction of sp³-hybridized carbons (Fsp3) is 0.280. The molecule has 0 saturated heterocycles. The fourth-order valence-corrected chi connectivity index (χ4v) is 4.41. The van der Waals surface area contributed by atoms with Gasteiger partial charge in [-0.1, -0.05) is 12.1 Å². The Kier molecular flexibility index (Phi) is 5.72. The van der Waals surface area contributed by atoms with Crippen LogP contribution in [0.4, 0.5) is 4.39 Å². The number of halogens is 1. The maximum atomic E-state index is 14.8. The summed E-state index contributed by atoms with van der Waals surface area (Å²) < 4.78 is 16.8. The molecule has 1 aliphatic heterocycles. The van der Waals surface area contributed by atoms with Gasteiger partial charge in [0.15, 0.2) is 11.6 Å². The van der Waals surface area contributed by atoms with Gasteiger partial charge in [-0.2, -0.15) is 5.10 Å². The Morgan fingerprint density at radius 1 is 1.17 bits per heavy atom. The van der Waals surface area contributed by atoms with Crippen molar-refractivity contribution in [3.05, 3.63) is 92.5 Å². The number of aromatic nitrogens is 6. The van der Waals surface area contributed by atoms with Crippen LogP contribution in [-0.4, -0.2) is 47.3 Å². The van der Waals surface area contributed by atoms with Crippen molar-refractivity contribution in [2.45, 2.75) is 39.8 Å². The number of hydrogen-bond acceptors (Lipinski definition) is 6. The number of aromatic amines is 1. The molecule has 1 unspecified atom stereocenters. The summed E-state index contributed by atoms with van der Waals surface area (Å²) >= 11 is 0. The number of amides is 1. The van der Waals surface area contributed by atoms with Crippen LogP contribution in [0.3, 0.4) is 0 Å². The standard InChI is InChI=1S/C25H24FN7O2/c1-14-12-32(13-22-29-30-23(33(14)22)20-6-4-5-9-27-20)25(35)18-10-17(7-8-19(18)26)11-21-15(2)16(3)24(34)31-28-21/h4-10,14H,11-13H2,1-3H3,(H,31,34). The summed E-state index contributed by atoms with van der Waals surface area (Å²) in [6, 6.07) is 9.95. The molecular weight excluding hydrogens is 449 g/mol. The van der Waals surface area contributed by atoms with Gasteiger partial charge in [-0.15, -0.1) is 10.2 Å². The molecule has 0 saturated carbocycles. The number of fused-ring (bicyclic) bond motifs is 1. The highest BCUT2D eigenvalue weighted by Crippen LogP contribution is 2.28. The molecule has 0 fully saturated rings. The predicted molar refractivity (Wildman–Crippen MR) is 126 cm³/mol. The second kappa shape index (κ2) is 8.86. The second-order valence-corrected chi connectivity index (χ2v) is 8.80. The second-order valence-electron chi connectivity index (χ2n) is 8.80. The van der Waals surface area contributed by atoms with Crippen LogP contribution in [0.2, 0.25) is 0 Å². The zero-order valence-corrected chi connectivity index (χ0v) is 19.6. The average Bonchev–Trinajstić information content (AvgIpc) is 3.30. The number of benzene rings is 1. The third-order valence-corrected chi connectivity index (χ3v) is 6.47. The smallest absolute Gasteiger partial charge is 0.267 e. The van der Waals surface area contributed by atoms with Crippen LogP contribution >= 0.6 is 0 Å². The molecule has 1 N–H and O–H groups in total. The van der Waals surface area contributed by atoms with Crippen LogP contribution in [0.1, 0.15) is 51.5 Å². The maximum Gasteiger partial charge on any atom is 0.267 e. The molecule has 0 spiro atoms. The maximum absolute atomic E-state index is 14.8. The fourth-order valence-electron chi connectivity index (χ4n) is 4.41. The first-order valence-corrected chi connectivity index (χ1v) is 11.3. The number of H-pyrrole nitrogens is 1. The van der Waals surface area contributed by atoms with Gasteiger partial charge < -0.3 is 9.47 Å². The van der Waals surface area contributed by atoms with Crippen molar-refractivity contribution in [3.8, 4) is 11.5 Å². The van der Waals surface area contributed by atoms with Crippen LogP contribution in [0.25, 0.3) is 11.5 Å². The van der Waals surface area contributed by atoms with Gasteiger partial charge in [-0.3, -0.25) is 14.6 Å². The third-order valence-electron chi connectivity index (χ3n) is 6.47. The van der Waals surface area contributed by atoms with E-state index in [1.807, 2.05) is 36.6 Å². The van der Waals surface area contributed by atoms with Gasteiger partial charge in [-0.05, 0) is 56.2 Å². The van der Waals surface area contributed by atoms with E-state index < -0.39 is 11.7 Å². The topological polar surface area (TPSA) is 110 Å². The van der Waals surface area contributed by atoms with Gasteiger partial charge in [-0.25, -0.2) is 9.49 Å². The van der Waals surface area contributed by atoms with E-state index in [0.717, 1.165) is 11.1 Å². The Morgan fingerprint density at radius 2 is 2.00 bits per heavy atom.